The zero-order valence-electron chi connectivity index (χ0n) is 10.7. The Morgan fingerprint density at radius 2 is 2.11 bits per heavy atom. The van der Waals surface area contributed by atoms with Crippen molar-refractivity contribution in [2.45, 2.75) is 25.8 Å². The fraction of sp³-hybridized carbons (Fsp3) is 0.462. The van der Waals surface area contributed by atoms with Gasteiger partial charge in [-0.1, -0.05) is 11.6 Å². The average molecular weight is 286 g/mol. The molecular weight excluding hydrogens is 269 g/mol. The number of hydrogen-bond donors (Lipinski definition) is 2. The number of halogens is 2. The Morgan fingerprint density at radius 3 is 2.74 bits per heavy atom. The monoisotopic (exact) mass is 285 g/mol. The fourth-order valence-corrected chi connectivity index (χ4v) is 2.36. The van der Waals surface area contributed by atoms with Gasteiger partial charge in [0.2, 0.25) is 5.91 Å². The van der Waals surface area contributed by atoms with Gasteiger partial charge in [0.15, 0.2) is 0 Å². The number of nitrogens with one attached hydrogen (secondary N) is 1. The molecule has 19 heavy (non-hydrogen) atoms. The Balaban J connectivity index is 2.08. The van der Waals surface area contributed by atoms with Crippen molar-refractivity contribution in [1.82, 2.24) is 4.90 Å². The van der Waals surface area contributed by atoms with Gasteiger partial charge in [-0.25, -0.2) is 4.39 Å². The zero-order valence-corrected chi connectivity index (χ0v) is 11.5. The molecule has 0 bridgehead atoms. The summed E-state index contributed by atoms with van der Waals surface area (Å²) >= 11 is 5.71. The highest BCUT2D eigenvalue weighted by Crippen LogP contribution is 2.27. The van der Waals surface area contributed by atoms with Crippen molar-refractivity contribution in [3.63, 3.8) is 0 Å². The molecule has 1 aliphatic rings. The first-order chi connectivity index (χ1) is 8.99. The third kappa shape index (κ3) is 3.10. The van der Waals surface area contributed by atoms with Crippen molar-refractivity contribution < 1.29 is 9.18 Å². The SMILES string of the molecule is CC(Nc1cc(Cl)c(F)cc1N)C(=O)N1CCCC1. The molecule has 0 radical (unpaired) electrons. The van der Waals surface area contributed by atoms with E-state index in [0.717, 1.165) is 32.0 Å². The van der Waals surface area contributed by atoms with Crippen LogP contribution in [0.2, 0.25) is 5.02 Å². The molecule has 1 atom stereocenters. The smallest absolute Gasteiger partial charge is 0.244 e. The summed E-state index contributed by atoms with van der Waals surface area (Å²) in [7, 11) is 0. The lowest BCUT2D eigenvalue weighted by Gasteiger charge is -2.22. The number of nitrogens with zero attached hydrogens (tertiary/aromatic N) is 1. The standard InChI is InChI=1S/C13H17ClFN3O/c1-8(13(19)18-4-2-3-5-18)17-12-6-9(14)10(15)7-11(12)16/h6-8,17H,2-5,16H2,1H3. The maximum Gasteiger partial charge on any atom is 0.244 e. The summed E-state index contributed by atoms with van der Waals surface area (Å²) in [6, 6.07) is 2.14. The molecule has 1 aromatic rings. The van der Waals surface area contributed by atoms with Crippen molar-refractivity contribution >= 4 is 28.9 Å². The molecule has 1 aromatic carbocycles. The Morgan fingerprint density at radius 1 is 1.47 bits per heavy atom. The number of benzene rings is 1. The number of carbonyl (C=O) groups excluding carboxylic acids is 1. The van der Waals surface area contributed by atoms with Gasteiger partial charge in [-0.2, -0.15) is 0 Å². The van der Waals surface area contributed by atoms with Crippen LogP contribution in [0.15, 0.2) is 12.1 Å². The summed E-state index contributed by atoms with van der Waals surface area (Å²) in [4.78, 5) is 13.9. The summed E-state index contributed by atoms with van der Waals surface area (Å²) in [5.74, 6) is -0.541. The number of hydrogen-bond acceptors (Lipinski definition) is 3. The Bertz CT molecular complexity index is 489. The number of anilines is 2. The molecule has 0 aromatic heterocycles. The molecule has 1 fully saturated rings. The van der Waals surface area contributed by atoms with Gasteiger partial charge in [-0.15, -0.1) is 0 Å². The van der Waals surface area contributed by atoms with Crippen LogP contribution in [0.1, 0.15) is 19.8 Å². The molecule has 2 rings (SSSR count). The van der Waals surface area contributed by atoms with Crippen molar-refractivity contribution in [2.75, 3.05) is 24.1 Å². The summed E-state index contributed by atoms with van der Waals surface area (Å²) in [5, 5.41) is 2.97. The molecule has 0 aliphatic carbocycles. The third-order valence-electron chi connectivity index (χ3n) is 3.25. The molecule has 6 heteroatoms. The Labute approximate surface area is 116 Å². The lowest BCUT2D eigenvalue weighted by atomic mass is 10.2. The highest BCUT2D eigenvalue weighted by Gasteiger charge is 2.23. The topological polar surface area (TPSA) is 58.4 Å². The van der Waals surface area contributed by atoms with E-state index in [9.17, 15) is 9.18 Å². The second-order valence-corrected chi connectivity index (χ2v) is 5.16. The predicted molar refractivity (Wildman–Crippen MR) is 74.7 cm³/mol. The highest BCUT2D eigenvalue weighted by atomic mass is 35.5. The second-order valence-electron chi connectivity index (χ2n) is 4.75. The summed E-state index contributed by atoms with van der Waals surface area (Å²) in [5.41, 5.74) is 6.42. The van der Waals surface area contributed by atoms with Crippen LogP contribution < -0.4 is 11.1 Å². The van der Waals surface area contributed by atoms with E-state index in [1.54, 1.807) is 6.92 Å². The van der Waals surface area contributed by atoms with E-state index in [0.29, 0.717) is 5.69 Å². The van der Waals surface area contributed by atoms with Crippen molar-refractivity contribution in [2.24, 2.45) is 0 Å². The molecule has 1 unspecified atom stereocenters. The Kier molecular flexibility index (Phi) is 4.14. The number of nitrogen functional groups attached to an aromatic ring is 1. The Hall–Kier alpha value is -1.49. The van der Waals surface area contributed by atoms with E-state index in [1.807, 2.05) is 4.90 Å². The van der Waals surface area contributed by atoms with Gasteiger partial charge in [0.1, 0.15) is 11.9 Å². The van der Waals surface area contributed by atoms with E-state index in [4.69, 9.17) is 17.3 Å². The van der Waals surface area contributed by atoms with Crippen LogP contribution in [-0.4, -0.2) is 29.9 Å². The van der Waals surface area contributed by atoms with E-state index in [2.05, 4.69) is 5.32 Å². The maximum atomic E-state index is 13.2. The van der Waals surface area contributed by atoms with Crippen LogP contribution in [0.3, 0.4) is 0 Å². The minimum absolute atomic E-state index is 0.0162. The molecule has 1 saturated heterocycles. The van der Waals surface area contributed by atoms with E-state index >= 15 is 0 Å². The van der Waals surface area contributed by atoms with Crippen LogP contribution >= 0.6 is 11.6 Å². The summed E-state index contributed by atoms with van der Waals surface area (Å²) in [6.45, 7) is 3.35. The highest BCUT2D eigenvalue weighted by molar-refractivity contribution is 6.31. The van der Waals surface area contributed by atoms with E-state index in [1.165, 1.54) is 6.07 Å². The van der Waals surface area contributed by atoms with E-state index in [-0.39, 0.29) is 16.6 Å². The van der Waals surface area contributed by atoms with Gasteiger partial charge in [0, 0.05) is 19.2 Å². The molecule has 3 N–H and O–H groups in total. The maximum absolute atomic E-state index is 13.2. The lowest BCUT2D eigenvalue weighted by Crippen LogP contribution is -2.39. The molecular formula is C13H17ClFN3O. The van der Waals surface area contributed by atoms with E-state index < -0.39 is 11.9 Å². The van der Waals surface area contributed by atoms with Crippen LogP contribution in [0.5, 0.6) is 0 Å². The average Bonchev–Trinajstić information content (AvgIpc) is 2.88. The van der Waals surface area contributed by atoms with Crippen molar-refractivity contribution in [1.29, 1.82) is 0 Å². The van der Waals surface area contributed by atoms with Crippen molar-refractivity contribution in [3.05, 3.63) is 23.0 Å². The lowest BCUT2D eigenvalue weighted by molar-refractivity contribution is -0.130. The van der Waals surface area contributed by atoms with Gasteiger partial charge < -0.3 is 16.0 Å². The van der Waals surface area contributed by atoms with Gasteiger partial charge in [0.05, 0.1) is 16.4 Å². The second kappa shape index (κ2) is 5.65. The first kappa shape index (κ1) is 13.9. The number of likely N-dealkylation sites (tertiary alicyclic amines) is 1. The first-order valence-electron chi connectivity index (χ1n) is 6.29. The van der Waals surface area contributed by atoms with Crippen molar-refractivity contribution in [3.8, 4) is 0 Å². The quantitative estimate of drug-likeness (QED) is 0.839. The summed E-state index contributed by atoms with van der Waals surface area (Å²) < 4.78 is 13.2. The van der Waals surface area contributed by atoms with Gasteiger partial charge in [-0.3, -0.25) is 4.79 Å². The van der Waals surface area contributed by atoms with Crippen LogP contribution in [0, 0.1) is 5.82 Å². The normalized spacial score (nSPS) is 16.5. The molecule has 1 heterocycles. The summed E-state index contributed by atoms with van der Waals surface area (Å²) in [6.07, 6.45) is 2.09. The number of rotatable bonds is 3. The largest absolute Gasteiger partial charge is 0.397 e. The van der Waals surface area contributed by atoms with Gasteiger partial charge in [0.25, 0.3) is 0 Å². The molecule has 0 spiro atoms. The molecule has 0 saturated carbocycles. The van der Waals surface area contributed by atoms with Gasteiger partial charge in [-0.05, 0) is 25.8 Å². The van der Waals surface area contributed by atoms with Gasteiger partial charge >= 0.3 is 0 Å². The van der Waals surface area contributed by atoms with Crippen LogP contribution in [0.25, 0.3) is 0 Å². The fourth-order valence-electron chi connectivity index (χ4n) is 2.19. The zero-order chi connectivity index (χ0) is 14.0. The van der Waals surface area contributed by atoms with Crippen LogP contribution in [0.4, 0.5) is 15.8 Å². The minimum atomic E-state index is -0.566. The van der Waals surface area contributed by atoms with Crippen LogP contribution in [-0.2, 0) is 4.79 Å². The number of amides is 1. The first-order valence-corrected chi connectivity index (χ1v) is 6.66. The minimum Gasteiger partial charge on any atom is -0.397 e. The predicted octanol–water partition coefficient (Wildman–Crippen LogP) is 2.48. The number of carbonyl (C=O) groups is 1. The molecule has 4 nitrogen and oxygen atoms in total. The molecule has 1 aliphatic heterocycles. The molecule has 1 amide bonds. The number of nitrogens with two attached hydrogens (primary N) is 1. The molecule has 104 valence electrons. The third-order valence-corrected chi connectivity index (χ3v) is 3.54.